The van der Waals surface area contributed by atoms with Gasteiger partial charge in [-0.2, -0.15) is 4.98 Å². The van der Waals surface area contributed by atoms with E-state index in [1.54, 1.807) is 11.8 Å². The van der Waals surface area contributed by atoms with Gasteiger partial charge < -0.3 is 14.5 Å². The van der Waals surface area contributed by atoms with Gasteiger partial charge in [-0.05, 0) is 36.8 Å². The lowest BCUT2D eigenvalue weighted by Crippen LogP contribution is -2.16. The number of nitrogens with one attached hydrogen (secondary N) is 1. The smallest absolute Gasteiger partial charge is 0.247 e. The molecule has 5 rings (SSSR count). The minimum atomic E-state index is -0.574. The normalized spacial score (nSPS) is 14.6. The molecule has 4 aromatic rings. The molecule has 1 aliphatic rings. The van der Waals surface area contributed by atoms with Gasteiger partial charge in [-0.3, -0.25) is 0 Å². The topological polar surface area (TPSA) is 73.1 Å². The Balaban J connectivity index is 1.50. The molecule has 3 heterocycles. The Labute approximate surface area is 195 Å². The fraction of sp³-hybridized carbons (Fsp3) is 0.208. The molecule has 0 unspecified atom stereocenters. The highest BCUT2D eigenvalue weighted by Crippen LogP contribution is 2.40. The average Bonchev–Trinajstić information content (AvgIpc) is 3.24. The molecule has 0 amide bonds. The zero-order chi connectivity index (χ0) is 21.9. The second-order valence-electron chi connectivity index (χ2n) is 7.35. The summed E-state index contributed by atoms with van der Waals surface area (Å²) in [6.07, 6.45) is 1.64. The molecule has 0 bridgehead atoms. The molecule has 162 valence electrons. The number of halogens is 1. The van der Waals surface area contributed by atoms with Crippen molar-refractivity contribution < 1.29 is 9.15 Å². The summed E-state index contributed by atoms with van der Waals surface area (Å²) >= 11 is 7.73. The molecule has 0 radical (unpaired) electrons. The number of unbranched alkanes of at least 4 members (excludes halogenated alkanes) is 1. The van der Waals surface area contributed by atoms with Crippen LogP contribution in [0.3, 0.4) is 0 Å². The molecule has 32 heavy (non-hydrogen) atoms. The van der Waals surface area contributed by atoms with Crippen LogP contribution >= 0.6 is 23.4 Å². The van der Waals surface area contributed by atoms with Gasteiger partial charge in [0.25, 0.3) is 0 Å². The number of anilines is 1. The SMILES string of the molecule is CCCCSc1nnc2c(n1)O[C@H](c1ccc(-c3cccc(Cl)c3)o1)Nc1ccccc1-2. The second-order valence-corrected chi connectivity index (χ2v) is 8.85. The maximum absolute atomic E-state index is 6.29. The second kappa shape index (κ2) is 9.22. The Kier molecular flexibility index (Phi) is 6.01. The first-order valence-electron chi connectivity index (χ1n) is 10.5. The number of rotatable bonds is 6. The molecule has 0 aliphatic carbocycles. The quantitative estimate of drug-likeness (QED) is 0.247. The van der Waals surface area contributed by atoms with E-state index in [-0.39, 0.29) is 0 Å². The van der Waals surface area contributed by atoms with Gasteiger partial charge in [0.05, 0.1) is 0 Å². The monoisotopic (exact) mass is 464 g/mol. The summed E-state index contributed by atoms with van der Waals surface area (Å²) in [6, 6.07) is 19.2. The number of hydrogen-bond donors (Lipinski definition) is 1. The molecule has 0 saturated heterocycles. The van der Waals surface area contributed by atoms with Crippen LogP contribution in [0, 0.1) is 0 Å². The Morgan fingerprint density at radius 3 is 2.84 bits per heavy atom. The lowest BCUT2D eigenvalue weighted by atomic mass is 10.1. The Morgan fingerprint density at radius 1 is 1.06 bits per heavy atom. The average molecular weight is 465 g/mol. The van der Waals surface area contributed by atoms with Crippen molar-refractivity contribution in [1.29, 1.82) is 0 Å². The van der Waals surface area contributed by atoms with Gasteiger partial charge in [-0.1, -0.05) is 67.0 Å². The van der Waals surface area contributed by atoms with Crippen molar-refractivity contribution in [1.82, 2.24) is 15.2 Å². The zero-order valence-electron chi connectivity index (χ0n) is 17.4. The van der Waals surface area contributed by atoms with Gasteiger partial charge in [-0.15, -0.1) is 10.2 Å². The lowest BCUT2D eigenvalue weighted by molar-refractivity contribution is 0.196. The van der Waals surface area contributed by atoms with E-state index in [0.717, 1.165) is 35.4 Å². The van der Waals surface area contributed by atoms with Gasteiger partial charge in [0, 0.05) is 27.6 Å². The van der Waals surface area contributed by atoms with Crippen molar-refractivity contribution in [3.05, 3.63) is 71.4 Å². The summed E-state index contributed by atoms with van der Waals surface area (Å²) in [6.45, 7) is 2.16. The van der Waals surface area contributed by atoms with Crippen LogP contribution in [0.1, 0.15) is 31.8 Å². The minimum absolute atomic E-state index is 0.433. The fourth-order valence-corrected chi connectivity index (χ4v) is 4.49. The summed E-state index contributed by atoms with van der Waals surface area (Å²) < 4.78 is 12.4. The van der Waals surface area contributed by atoms with Crippen LogP contribution in [0.5, 0.6) is 5.88 Å². The first kappa shape index (κ1) is 20.8. The van der Waals surface area contributed by atoms with Gasteiger partial charge in [0.1, 0.15) is 5.76 Å². The molecule has 2 aromatic carbocycles. The highest BCUT2D eigenvalue weighted by atomic mass is 35.5. The van der Waals surface area contributed by atoms with Gasteiger partial charge in [0.2, 0.25) is 17.3 Å². The number of aromatic nitrogens is 3. The molecular weight excluding hydrogens is 444 g/mol. The van der Waals surface area contributed by atoms with Crippen LogP contribution < -0.4 is 10.1 Å². The standard InChI is InChI=1S/C24H21ClN4O2S/c1-2-3-13-32-24-27-23-21(28-29-24)17-9-4-5-10-18(17)26-22(31-23)20-12-11-19(30-20)15-7-6-8-16(25)14-15/h4-12,14,22,26H,2-3,13H2,1H3/t22-/m1/s1. The van der Waals surface area contributed by atoms with Crippen LogP contribution in [-0.2, 0) is 0 Å². The van der Waals surface area contributed by atoms with E-state index in [9.17, 15) is 0 Å². The molecule has 0 spiro atoms. The number of ether oxygens (including phenoxy) is 1. The van der Waals surface area contributed by atoms with Crippen molar-refractivity contribution in [3.8, 4) is 28.5 Å². The van der Waals surface area contributed by atoms with E-state index < -0.39 is 6.23 Å². The number of furan rings is 1. The minimum Gasteiger partial charge on any atom is -0.455 e. The third-order valence-electron chi connectivity index (χ3n) is 5.06. The van der Waals surface area contributed by atoms with Crippen LogP contribution in [0.2, 0.25) is 5.02 Å². The van der Waals surface area contributed by atoms with Gasteiger partial charge in [-0.25, -0.2) is 0 Å². The Morgan fingerprint density at radius 2 is 1.97 bits per heavy atom. The van der Waals surface area contributed by atoms with Crippen molar-refractivity contribution in [3.63, 3.8) is 0 Å². The molecule has 2 aromatic heterocycles. The van der Waals surface area contributed by atoms with Crippen molar-refractivity contribution in [2.75, 3.05) is 11.1 Å². The predicted molar refractivity (Wildman–Crippen MR) is 127 cm³/mol. The van der Waals surface area contributed by atoms with Crippen LogP contribution in [-0.4, -0.2) is 20.9 Å². The lowest BCUT2D eigenvalue weighted by Gasteiger charge is -2.16. The molecule has 1 N–H and O–H groups in total. The number of benzene rings is 2. The first-order valence-corrected chi connectivity index (χ1v) is 11.8. The fourth-order valence-electron chi connectivity index (χ4n) is 3.44. The Hall–Kier alpha value is -3.03. The third-order valence-corrected chi connectivity index (χ3v) is 6.22. The molecule has 1 aliphatic heterocycles. The molecule has 6 nitrogen and oxygen atoms in total. The zero-order valence-corrected chi connectivity index (χ0v) is 19.0. The van der Waals surface area contributed by atoms with Crippen molar-refractivity contribution >= 4 is 29.1 Å². The van der Waals surface area contributed by atoms with Gasteiger partial charge >= 0.3 is 0 Å². The maximum Gasteiger partial charge on any atom is 0.247 e. The van der Waals surface area contributed by atoms with Gasteiger partial charge in [0.15, 0.2) is 11.5 Å². The van der Waals surface area contributed by atoms with E-state index in [4.69, 9.17) is 20.8 Å². The van der Waals surface area contributed by atoms with E-state index in [2.05, 4.69) is 27.4 Å². The highest BCUT2D eigenvalue weighted by Gasteiger charge is 2.28. The summed E-state index contributed by atoms with van der Waals surface area (Å²) in [5, 5.41) is 13.4. The Bertz CT molecular complexity index is 1250. The van der Waals surface area contributed by atoms with Crippen molar-refractivity contribution in [2.45, 2.75) is 31.1 Å². The van der Waals surface area contributed by atoms with E-state index in [0.29, 0.717) is 33.3 Å². The molecule has 8 heteroatoms. The maximum atomic E-state index is 6.29. The summed E-state index contributed by atoms with van der Waals surface area (Å²) in [5.74, 6) is 2.71. The number of thioether (sulfide) groups is 1. The number of nitrogens with zero attached hydrogens (tertiary/aromatic N) is 3. The molecular formula is C24H21ClN4O2S. The van der Waals surface area contributed by atoms with Crippen LogP contribution in [0.25, 0.3) is 22.6 Å². The first-order chi connectivity index (χ1) is 15.7. The van der Waals surface area contributed by atoms with E-state index in [1.807, 2.05) is 60.7 Å². The van der Waals surface area contributed by atoms with Crippen LogP contribution in [0.4, 0.5) is 5.69 Å². The van der Waals surface area contributed by atoms with E-state index in [1.165, 1.54) is 0 Å². The summed E-state index contributed by atoms with van der Waals surface area (Å²) in [4.78, 5) is 4.66. The third kappa shape index (κ3) is 4.31. The molecule has 0 fully saturated rings. The van der Waals surface area contributed by atoms with Crippen LogP contribution in [0.15, 0.2) is 70.2 Å². The number of fused-ring (bicyclic) bond motifs is 3. The molecule has 1 atom stereocenters. The van der Waals surface area contributed by atoms with E-state index >= 15 is 0 Å². The largest absolute Gasteiger partial charge is 0.455 e. The summed E-state index contributed by atoms with van der Waals surface area (Å²) in [5.41, 5.74) is 3.27. The summed E-state index contributed by atoms with van der Waals surface area (Å²) in [7, 11) is 0. The van der Waals surface area contributed by atoms with Crippen molar-refractivity contribution in [2.24, 2.45) is 0 Å². The number of para-hydroxylation sites is 1. The predicted octanol–water partition coefficient (Wildman–Crippen LogP) is 6.85. The molecule has 0 saturated carbocycles. The number of hydrogen-bond acceptors (Lipinski definition) is 7. The highest BCUT2D eigenvalue weighted by molar-refractivity contribution is 7.99.